The van der Waals surface area contributed by atoms with Gasteiger partial charge in [0.25, 0.3) is 0 Å². The number of morpholine rings is 1. The van der Waals surface area contributed by atoms with E-state index in [0.29, 0.717) is 18.9 Å². The van der Waals surface area contributed by atoms with Gasteiger partial charge in [-0.25, -0.2) is 0 Å². The normalized spacial score (nSPS) is 32.1. The molecule has 0 bridgehead atoms. The Kier molecular flexibility index (Phi) is 3.99. The molecule has 1 unspecified atom stereocenters. The minimum Gasteiger partial charge on any atom is -0.366 e. The van der Waals surface area contributed by atoms with E-state index in [1.165, 1.54) is 32.1 Å². The number of ether oxygens (including phenoxy) is 1. The van der Waals surface area contributed by atoms with E-state index in [1.807, 2.05) is 0 Å². The molecule has 1 saturated heterocycles. The Labute approximate surface area is 97.2 Å². The molecule has 0 aromatic heterocycles. The first-order valence-electron chi connectivity index (χ1n) is 6.34. The highest BCUT2D eigenvalue weighted by Crippen LogP contribution is 2.28. The van der Waals surface area contributed by atoms with Crippen LogP contribution in [0, 0.1) is 5.92 Å². The minimum atomic E-state index is -0.308. The van der Waals surface area contributed by atoms with Crippen molar-refractivity contribution in [2.45, 2.75) is 50.7 Å². The first-order chi connectivity index (χ1) is 7.81. The van der Waals surface area contributed by atoms with Crippen LogP contribution in [-0.4, -0.2) is 24.7 Å². The van der Waals surface area contributed by atoms with Crippen LogP contribution in [0.4, 0.5) is 0 Å². The van der Waals surface area contributed by atoms with Crippen LogP contribution in [-0.2, 0) is 9.53 Å². The van der Waals surface area contributed by atoms with Crippen LogP contribution >= 0.6 is 0 Å². The quantitative estimate of drug-likeness (QED) is 0.743. The molecule has 16 heavy (non-hydrogen) atoms. The second kappa shape index (κ2) is 5.48. The van der Waals surface area contributed by atoms with Gasteiger partial charge in [-0.1, -0.05) is 25.3 Å². The summed E-state index contributed by atoms with van der Waals surface area (Å²) < 4.78 is 5.61. The molecule has 1 amide bonds. The highest BCUT2D eigenvalue weighted by Gasteiger charge is 2.32. The Morgan fingerprint density at radius 3 is 2.75 bits per heavy atom. The maximum absolute atomic E-state index is 11.8. The Balaban J connectivity index is 1.86. The Hall–Kier alpha value is -0.830. The van der Waals surface area contributed by atoms with E-state index >= 15 is 0 Å². The summed E-state index contributed by atoms with van der Waals surface area (Å²) in [5.74, 6) is 0.670. The summed E-state index contributed by atoms with van der Waals surface area (Å²) in [7, 11) is 0. The van der Waals surface area contributed by atoms with E-state index in [0.717, 1.165) is 0 Å². The largest absolute Gasteiger partial charge is 0.366 e. The fourth-order valence-electron chi connectivity index (χ4n) is 2.73. The third-order valence-electron chi connectivity index (χ3n) is 3.70. The van der Waals surface area contributed by atoms with Crippen molar-refractivity contribution in [3.63, 3.8) is 0 Å². The molecule has 90 valence electrons. The lowest BCUT2D eigenvalue weighted by Crippen LogP contribution is -2.54. The number of carbonyl (C=O) groups excluding carboxylic acids is 1. The molecule has 3 heteroatoms. The van der Waals surface area contributed by atoms with Crippen molar-refractivity contribution in [3.05, 3.63) is 12.7 Å². The molecule has 1 saturated carbocycles. The molecular weight excluding hydrogens is 202 g/mol. The smallest absolute Gasteiger partial charge is 0.249 e. The highest BCUT2D eigenvalue weighted by molar-refractivity contribution is 5.81. The second-order valence-electron chi connectivity index (χ2n) is 4.86. The molecule has 1 aliphatic carbocycles. The van der Waals surface area contributed by atoms with Gasteiger partial charge in [0.2, 0.25) is 5.91 Å². The van der Waals surface area contributed by atoms with Crippen LogP contribution in [0.25, 0.3) is 0 Å². The van der Waals surface area contributed by atoms with Crippen molar-refractivity contribution >= 4 is 5.91 Å². The van der Waals surface area contributed by atoms with Gasteiger partial charge >= 0.3 is 0 Å². The highest BCUT2D eigenvalue weighted by atomic mass is 16.5. The fraction of sp³-hybridized carbons (Fsp3) is 0.769. The van der Waals surface area contributed by atoms with Crippen LogP contribution in [0.3, 0.4) is 0 Å². The molecular formula is C13H21NO2. The van der Waals surface area contributed by atoms with Crippen LogP contribution in [0.15, 0.2) is 12.7 Å². The van der Waals surface area contributed by atoms with Crippen LogP contribution in [0.5, 0.6) is 0 Å². The standard InChI is InChI=1S/C13H21NO2/c1-2-6-12-13(15)14-11(9-16-12)10-7-4-3-5-8-10/h2,10-12H,1,3-9H2,(H,14,15)/t11?,12-/m1/s1. The first-order valence-corrected chi connectivity index (χ1v) is 6.34. The van der Waals surface area contributed by atoms with E-state index in [1.54, 1.807) is 6.08 Å². The first kappa shape index (κ1) is 11.6. The van der Waals surface area contributed by atoms with Crippen molar-refractivity contribution in [1.29, 1.82) is 0 Å². The molecule has 3 nitrogen and oxygen atoms in total. The lowest BCUT2D eigenvalue weighted by atomic mass is 9.83. The molecule has 2 rings (SSSR count). The third kappa shape index (κ3) is 2.64. The zero-order chi connectivity index (χ0) is 11.4. The van der Waals surface area contributed by atoms with Gasteiger partial charge in [-0.2, -0.15) is 0 Å². The van der Waals surface area contributed by atoms with Gasteiger partial charge in [0.1, 0.15) is 6.10 Å². The summed E-state index contributed by atoms with van der Waals surface area (Å²) >= 11 is 0. The molecule has 0 aromatic carbocycles. The summed E-state index contributed by atoms with van der Waals surface area (Å²) in [5.41, 5.74) is 0. The maximum atomic E-state index is 11.8. The van der Waals surface area contributed by atoms with Gasteiger partial charge in [-0.3, -0.25) is 4.79 Å². The van der Waals surface area contributed by atoms with Gasteiger partial charge in [0.05, 0.1) is 12.6 Å². The SMILES string of the molecule is C=CC[C@H]1OCC(C2CCCCC2)NC1=O. The molecule has 2 aliphatic rings. The van der Waals surface area contributed by atoms with Crippen molar-refractivity contribution in [1.82, 2.24) is 5.32 Å². The van der Waals surface area contributed by atoms with Gasteiger partial charge < -0.3 is 10.1 Å². The van der Waals surface area contributed by atoms with Crippen molar-refractivity contribution in [3.8, 4) is 0 Å². The van der Waals surface area contributed by atoms with E-state index in [2.05, 4.69) is 11.9 Å². The van der Waals surface area contributed by atoms with E-state index in [9.17, 15) is 4.79 Å². The number of carbonyl (C=O) groups is 1. The monoisotopic (exact) mass is 223 g/mol. The number of hydrogen-bond acceptors (Lipinski definition) is 2. The Morgan fingerprint density at radius 2 is 2.12 bits per heavy atom. The van der Waals surface area contributed by atoms with Crippen LogP contribution in [0.1, 0.15) is 38.5 Å². The van der Waals surface area contributed by atoms with E-state index in [4.69, 9.17) is 4.74 Å². The minimum absolute atomic E-state index is 0.0433. The van der Waals surface area contributed by atoms with Gasteiger partial charge in [0, 0.05) is 6.42 Å². The van der Waals surface area contributed by atoms with Crippen LogP contribution in [0.2, 0.25) is 0 Å². The van der Waals surface area contributed by atoms with Crippen molar-refractivity contribution in [2.24, 2.45) is 5.92 Å². The molecule has 0 spiro atoms. The van der Waals surface area contributed by atoms with E-state index < -0.39 is 0 Å². The fourth-order valence-corrected chi connectivity index (χ4v) is 2.73. The van der Waals surface area contributed by atoms with Gasteiger partial charge in [-0.05, 0) is 18.8 Å². The van der Waals surface area contributed by atoms with E-state index in [-0.39, 0.29) is 18.1 Å². The number of hydrogen-bond donors (Lipinski definition) is 1. The summed E-state index contributed by atoms with van der Waals surface area (Å²) in [5, 5.41) is 3.11. The summed E-state index contributed by atoms with van der Waals surface area (Å²) in [4.78, 5) is 11.8. The molecule has 1 N–H and O–H groups in total. The Bertz CT molecular complexity index is 259. The topological polar surface area (TPSA) is 38.3 Å². The van der Waals surface area contributed by atoms with Crippen molar-refractivity contribution < 1.29 is 9.53 Å². The van der Waals surface area contributed by atoms with Gasteiger partial charge in [0.15, 0.2) is 0 Å². The van der Waals surface area contributed by atoms with Crippen LogP contribution < -0.4 is 5.32 Å². The number of nitrogens with one attached hydrogen (secondary N) is 1. The molecule has 0 aromatic rings. The molecule has 1 aliphatic heterocycles. The Morgan fingerprint density at radius 1 is 1.38 bits per heavy atom. The number of amides is 1. The van der Waals surface area contributed by atoms with Crippen molar-refractivity contribution in [2.75, 3.05) is 6.61 Å². The average molecular weight is 223 g/mol. The molecule has 1 heterocycles. The maximum Gasteiger partial charge on any atom is 0.249 e. The molecule has 2 atom stereocenters. The molecule has 2 fully saturated rings. The lowest BCUT2D eigenvalue weighted by Gasteiger charge is -2.36. The summed E-state index contributed by atoms with van der Waals surface area (Å²) in [6.07, 6.45) is 8.46. The molecule has 0 radical (unpaired) electrons. The number of rotatable bonds is 3. The third-order valence-corrected chi connectivity index (χ3v) is 3.70. The average Bonchev–Trinajstić information content (AvgIpc) is 2.33. The predicted molar refractivity (Wildman–Crippen MR) is 63.1 cm³/mol. The van der Waals surface area contributed by atoms with Gasteiger partial charge in [-0.15, -0.1) is 6.58 Å². The summed E-state index contributed by atoms with van der Waals surface area (Å²) in [6, 6.07) is 0.244. The second-order valence-corrected chi connectivity index (χ2v) is 4.86. The predicted octanol–water partition coefficient (Wildman–Crippen LogP) is 2.03. The zero-order valence-electron chi connectivity index (χ0n) is 9.78. The summed E-state index contributed by atoms with van der Waals surface area (Å²) in [6.45, 7) is 4.31. The zero-order valence-corrected chi connectivity index (χ0v) is 9.78. The lowest BCUT2D eigenvalue weighted by molar-refractivity contribution is -0.142.